The van der Waals surface area contributed by atoms with E-state index in [1.54, 1.807) is 6.92 Å². The molecular formula is C14H22N2O2S2. The van der Waals surface area contributed by atoms with Crippen LogP contribution in [0.1, 0.15) is 48.5 Å². The number of esters is 1. The van der Waals surface area contributed by atoms with E-state index in [0.29, 0.717) is 17.3 Å². The van der Waals surface area contributed by atoms with Crippen molar-refractivity contribution < 1.29 is 9.53 Å². The summed E-state index contributed by atoms with van der Waals surface area (Å²) in [7, 11) is 0. The lowest BCUT2D eigenvalue weighted by atomic mass is 10.1. The Morgan fingerprint density at radius 3 is 2.55 bits per heavy atom. The quantitative estimate of drug-likeness (QED) is 0.643. The Morgan fingerprint density at radius 2 is 2.05 bits per heavy atom. The number of thiocarbonyl (C=S) groups is 1. The van der Waals surface area contributed by atoms with Gasteiger partial charge in [-0.3, -0.25) is 0 Å². The minimum atomic E-state index is -0.288. The predicted molar refractivity (Wildman–Crippen MR) is 88.9 cm³/mol. The molecule has 6 heteroatoms. The van der Waals surface area contributed by atoms with Crippen LogP contribution in [0.2, 0.25) is 0 Å². The highest BCUT2D eigenvalue weighted by Crippen LogP contribution is 2.34. The molecule has 1 rings (SSSR count). The number of carbonyl (C=O) groups excluding carboxylic acids is 1. The highest BCUT2D eigenvalue weighted by Gasteiger charge is 2.22. The number of aryl methyl sites for hydroxylation is 1. The van der Waals surface area contributed by atoms with E-state index in [9.17, 15) is 4.79 Å². The van der Waals surface area contributed by atoms with Crippen molar-refractivity contribution in [3.8, 4) is 0 Å². The van der Waals surface area contributed by atoms with Crippen LogP contribution < -0.4 is 10.6 Å². The molecule has 0 aromatic carbocycles. The Hall–Kier alpha value is -1.14. The summed E-state index contributed by atoms with van der Waals surface area (Å²) in [5, 5.41) is 7.51. The minimum absolute atomic E-state index is 0.243. The summed E-state index contributed by atoms with van der Waals surface area (Å²) in [6, 6.07) is 0.243. The molecule has 0 radical (unpaired) electrons. The zero-order chi connectivity index (χ0) is 15.3. The van der Waals surface area contributed by atoms with Crippen LogP contribution in [0.5, 0.6) is 0 Å². The van der Waals surface area contributed by atoms with Crippen LogP contribution in [0.15, 0.2) is 0 Å². The first-order valence-electron chi connectivity index (χ1n) is 6.77. The van der Waals surface area contributed by atoms with Crippen LogP contribution in [0.3, 0.4) is 0 Å². The van der Waals surface area contributed by atoms with Gasteiger partial charge in [-0.2, -0.15) is 0 Å². The molecule has 0 unspecified atom stereocenters. The Labute approximate surface area is 129 Å². The first kappa shape index (κ1) is 16.9. The number of thiophene rings is 1. The molecule has 0 saturated heterocycles. The lowest BCUT2D eigenvalue weighted by Crippen LogP contribution is -2.34. The molecule has 0 aliphatic rings. The third-order valence-corrected chi connectivity index (χ3v) is 3.97. The van der Waals surface area contributed by atoms with E-state index in [1.807, 2.05) is 27.7 Å². The SMILES string of the molecule is CCOC(=O)c1c(NC(=S)NC(C)C)sc(C)c1CC. The zero-order valence-electron chi connectivity index (χ0n) is 12.6. The van der Waals surface area contributed by atoms with Crippen LogP contribution in [-0.2, 0) is 11.2 Å². The number of nitrogens with one attached hydrogen (secondary N) is 2. The van der Waals surface area contributed by atoms with Gasteiger partial charge in [-0.1, -0.05) is 6.92 Å². The summed E-state index contributed by atoms with van der Waals surface area (Å²) in [5.74, 6) is -0.288. The molecular weight excluding hydrogens is 292 g/mol. The van der Waals surface area contributed by atoms with Crippen molar-refractivity contribution >= 4 is 39.6 Å². The van der Waals surface area contributed by atoms with Gasteiger partial charge in [0.1, 0.15) is 5.00 Å². The largest absolute Gasteiger partial charge is 0.462 e. The van der Waals surface area contributed by atoms with Crippen LogP contribution in [-0.4, -0.2) is 23.7 Å². The van der Waals surface area contributed by atoms with Gasteiger partial charge in [0.15, 0.2) is 5.11 Å². The van der Waals surface area contributed by atoms with E-state index in [2.05, 4.69) is 10.6 Å². The van der Waals surface area contributed by atoms with E-state index < -0.39 is 0 Å². The maximum absolute atomic E-state index is 12.1. The fourth-order valence-corrected chi connectivity index (χ4v) is 3.45. The Bertz CT molecular complexity index is 496. The number of anilines is 1. The highest BCUT2D eigenvalue weighted by atomic mass is 32.1. The number of carbonyl (C=O) groups is 1. The summed E-state index contributed by atoms with van der Waals surface area (Å²) in [4.78, 5) is 13.3. The molecule has 112 valence electrons. The molecule has 1 aromatic rings. The molecule has 0 amide bonds. The Balaban J connectivity index is 3.06. The maximum Gasteiger partial charge on any atom is 0.341 e. The van der Waals surface area contributed by atoms with Crippen LogP contribution in [0.4, 0.5) is 5.00 Å². The molecule has 20 heavy (non-hydrogen) atoms. The second-order valence-electron chi connectivity index (χ2n) is 4.67. The van der Waals surface area contributed by atoms with Gasteiger partial charge in [0, 0.05) is 10.9 Å². The average molecular weight is 314 g/mol. The van der Waals surface area contributed by atoms with Crippen molar-refractivity contribution in [3.63, 3.8) is 0 Å². The maximum atomic E-state index is 12.1. The molecule has 1 heterocycles. The summed E-state index contributed by atoms with van der Waals surface area (Å²) < 4.78 is 5.15. The molecule has 0 atom stereocenters. The molecule has 0 bridgehead atoms. The summed E-state index contributed by atoms with van der Waals surface area (Å²) in [6.45, 7) is 10.2. The van der Waals surface area contributed by atoms with Crippen LogP contribution >= 0.6 is 23.6 Å². The predicted octanol–water partition coefficient (Wildman–Crippen LogP) is 3.49. The average Bonchev–Trinajstić information content (AvgIpc) is 2.63. The highest BCUT2D eigenvalue weighted by molar-refractivity contribution is 7.80. The van der Waals surface area contributed by atoms with Gasteiger partial charge in [-0.25, -0.2) is 4.79 Å². The standard InChI is InChI=1S/C14H22N2O2S2/c1-6-10-9(5)20-12(11(10)13(17)18-7-2)16-14(19)15-8(3)4/h8H,6-7H2,1-5H3,(H2,15,16,19). The third-order valence-electron chi connectivity index (χ3n) is 2.69. The first-order valence-corrected chi connectivity index (χ1v) is 8.00. The smallest absolute Gasteiger partial charge is 0.341 e. The Morgan fingerprint density at radius 1 is 1.40 bits per heavy atom. The van der Waals surface area contributed by atoms with Gasteiger partial charge in [-0.15, -0.1) is 11.3 Å². The second-order valence-corrected chi connectivity index (χ2v) is 6.30. The molecule has 2 N–H and O–H groups in total. The fourth-order valence-electron chi connectivity index (χ4n) is 1.91. The molecule has 0 saturated carbocycles. The van der Waals surface area contributed by atoms with Crippen molar-refractivity contribution in [3.05, 3.63) is 16.0 Å². The molecule has 0 aliphatic heterocycles. The van der Waals surface area contributed by atoms with E-state index in [4.69, 9.17) is 17.0 Å². The number of ether oxygens (including phenoxy) is 1. The van der Waals surface area contributed by atoms with Crippen LogP contribution in [0, 0.1) is 6.92 Å². The van der Waals surface area contributed by atoms with Gasteiger partial charge in [0.2, 0.25) is 0 Å². The van der Waals surface area contributed by atoms with Crippen molar-refractivity contribution in [1.29, 1.82) is 0 Å². The molecule has 0 spiro atoms. The van der Waals surface area contributed by atoms with Gasteiger partial charge >= 0.3 is 5.97 Å². The lowest BCUT2D eigenvalue weighted by molar-refractivity contribution is 0.0527. The first-order chi connectivity index (χ1) is 9.40. The topological polar surface area (TPSA) is 50.4 Å². The molecule has 0 fully saturated rings. The number of hydrogen-bond acceptors (Lipinski definition) is 4. The normalized spacial score (nSPS) is 10.5. The summed E-state index contributed by atoms with van der Waals surface area (Å²) in [5.41, 5.74) is 1.65. The zero-order valence-corrected chi connectivity index (χ0v) is 14.3. The number of hydrogen-bond donors (Lipinski definition) is 2. The minimum Gasteiger partial charge on any atom is -0.462 e. The van der Waals surface area contributed by atoms with E-state index in [0.717, 1.165) is 21.9 Å². The third kappa shape index (κ3) is 4.18. The summed E-state index contributed by atoms with van der Waals surface area (Å²) in [6.07, 6.45) is 0.794. The van der Waals surface area contributed by atoms with Gasteiger partial charge in [0.05, 0.1) is 12.2 Å². The van der Waals surface area contributed by atoms with E-state index in [-0.39, 0.29) is 12.0 Å². The van der Waals surface area contributed by atoms with Gasteiger partial charge in [0.25, 0.3) is 0 Å². The summed E-state index contributed by atoms with van der Waals surface area (Å²) >= 11 is 6.78. The van der Waals surface area contributed by atoms with Gasteiger partial charge < -0.3 is 15.4 Å². The van der Waals surface area contributed by atoms with Crippen molar-refractivity contribution in [1.82, 2.24) is 5.32 Å². The lowest BCUT2D eigenvalue weighted by Gasteiger charge is -2.13. The molecule has 4 nitrogen and oxygen atoms in total. The van der Waals surface area contributed by atoms with Crippen molar-refractivity contribution in [2.45, 2.75) is 47.1 Å². The van der Waals surface area contributed by atoms with Crippen molar-refractivity contribution in [2.75, 3.05) is 11.9 Å². The van der Waals surface area contributed by atoms with Crippen LogP contribution in [0.25, 0.3) is 0 Å². The van der Waals surface area contributed by atoms with Gasteiger partial charge in [-0.05, 0) is 51.9 Å². The Kier molecular flexibility index (Phi) is 6.42. The monoisotopic (exact) mass is 314 g/mol. The van der Waals surface area contributed by atoms with E-state index in [1.165, 1.54) is 11.3 Å². The number of rotatable bonds is 5. The fraction of sp³-hybridized carbons (Fsp3) is 0.571. The van der Waals surface area contributed by atoms with E-state index >= 15 is 0 Å². The second kappa shape index (κ2) is 7.59. The molecule has 0 aliphatic carbocycles. The van der Waals surface area contributed by atoms with Crippen molar-refractivity contribution in [2.24, 2.45) is 0 Å². The molecule has 1 aromatic heterocycles.